The Kier molecular flexibility index (Phi) is 3.35. The van der Waals surface area contributed by atoms with E-state index >= 15 is 0 Å². The molecule has 4 heteroatoms. The quantitative estimate of drug-likeness (QED) is 0.584. The highest BCUT2D eigenvalue weighted by Crippen LogP contribution is 2.14. The molecule has 0 amide bonds. The van der Waals surface area contributed by atoms with Gasteiger partial charge in [0, 0.05) is 0 Å². The average Bonchev–Trinajstić information content (AvgIpc) is 2.85. The molecular formula is C13H11NO3. The molecular weight excluding hydrogens is 218 g/mol. The second kappa shape index (κ2) is 5.12. The van der Waals surface area contributed by atoms with Crippen LogP contribution in [0.15, 0.2) is 53.6 Å². The van der Waals surface area contributed by atoms with Gasteiger partial charge in [0.25, 0.3) is 5.88 Å². The van der Waals surface area contributed by atoms with Gasteiger partial charge >= 0.3 is 0 Å². The Morgan fingerprint density at radius 3 is 2.88 bits per heavy atom. The zero-order chi connectivity index (χ0) is 12.1. The van der Waals surface area contributed by atoms with Gasteiger partial charge in [0.15, 0.2) is 0 Å². The molecule has 0 radical (unpaired) electrons. The van der Waals surface area contributed by atoms with E-state index in [9.17, 15) is 4.79 Å². The van der Waals surface area contributed by atoms with Crippen LogP contribution in [0.5, 0.6) is 5.88 Å². The SMILES string of the molecule is C=CC(=O)c1cc(OCc2ccccc2)no1. The molecule has 4 nitrogen and oxygen atoms in total. The lowest BCUT2D eigenvalue weighted by atomic mass is 10.2. The van der Waals surface area contributed by atoms with Gasteiger partial charge < -0.3 is 9.26 Å². The van der Waals surface area contributed by atoms with E-state index in [1.54, 1.807) is 0 Å². The molecule has 1 aromatic heterocycles. The molecule has 17 heavy (non-hydrogen) atoms. The van der Waals surface area contributed by atoms with Gasteiger partial charge in [-0.3, -0.25) is 4.79 Å². The normalized spacial score (nSPS) is 9.88. The van der Waals surface area contributed by atoms with Crippen LogP contribution in [-0.2, 0) is 6.61 Å². The van der Waals surface area contributed by atoms with Gasteiger partial charge in [0.2, 0.25) is 11.5 Å². The van der Waals surface area contributed by atoms with Crippen LogP contribution in [-0.4, -0.2) is 10.9 Å². The Morgan fingerprint density at radius 2 is 2.18 bits per heavy atom. The first-order chi connectivity index (χ1) is 8.29. The summed E-state index contributed by atoms with van der Waals surface area (Å²) < 4.78 is 10.2. The van der Waals surface area contributed by atoms with E-state index in [4.69, 9.17) is 9.26 Å². The van der Waals surface area contributed by atoms with E-state index in [-0.39, 0.29) is 11.5 Å². The lowest BCUT2D eigenvalue weighted by Gasteiger charge is -2.00. The van der Waals surface area contributed by atoms with E-state index in [0.717, 1.165) is 5.56 Å². The molecule has 0 N–H and O–H groups in total. The molecule has 86 valence electrons. The van der Waals surface area contributed by atoms with Crippen LogP contribution >= 0.6 is 0 Å². The summed E-state index contributed by atoms with van der Waals surface area (Å²) in [4.78, 5) is 11.2. The number of allylic oxidation sites excluding steroid dienone is 1. The number of ether oxygens (including phenoxy) is 1. The third kappa shape index (κ3) is 2.81. The number of nitrogens with zero attached hydrogens (tertiary/aromatic N) is 1. The summed E-state index contributed by atoms with van der Waals surface area (Å²) in [6.07, 6.45) is 1.17. The number of carbonyl (C=O) groups excluding carboxylic acids is 1. The zero-order valence-electron chi connectivity index (χ0n) is 9.13. The van der Waals surface area contributed by atoms with Gasteiger partial charge in [0.1, 0.15) is 6.61 Å². The first-order valence-corrected chi connectivity index (χ1v) is 5.10. The molecule has 2 rings (SSSR count). The molecule has 2 aromatic rings. The first-order valence-electron chi connectivity index (χ1n) is 5.10. The molecule has 0 saturated carbocycles. The molecule has 0 aliphatic heterocycles. The minimum Gasteiger partial charge on any atom is -0.471 e. The van der Waals surface area contributed by atoms with Gasteiger partial charge in [0.05, 0.1) is 6.07 Å². The molecule has 0 bridgehead atoms. The minimum atomic E-state index is -0.313. The van der Waals surface area contributed by atoms with Gasteiger partial charge in [-0.1, -0.05) is 36.9 Å². The van der Waals surface area contributed by atoms with Gasteiger partial charge in [-0.25, -0.2) is 0 Å². The summed E-state index contributed by atoms with van der Waals surface area (Å²) in [5.74, 6) is 0.106. The Labute approximate surface area is 98.5 Å². The maximum atomic E-state index is 11.2. The van der Waals surface area contributed by atoms with Crippen LogP contribution < -0.4 is 4.74 Å². The molecule has 1 heterocycles. The van der Waals surface area contributed by atoms with Crippen LogP contribution in [0.1, 0.15) is 16.1 Å². The summed E-state index contributed by atoms with van der Waals surface area (Å²) in [6.45, 7) is 3.75. The highest BCUT2D eigenvalue weighted by atomic mass is 16.5. The third-order valence-electron chi connectivity index (χ3n) is 2.15. The van der Waals surface area contributed by atoms with Crippen LogP contribution in [0.3, 0.4) is 0 Å². The molecule has 0 atom stereocenters. The lowest BCUT2D eigenvalue weighted by Crippen LogP contribution is -1.94. The number of hydrogen-bond acceptors (Lipinski definition) is 4. The van der Waals surface area contributed by atoms with Crippen molar-refractivity contribution in [1.82, 2.24) is 5.16 Å². The van der Waals surface area contributed by atoms with Crippen molar-refractivity contribution in [2.24, 2.45) is 0 Å². The van der Waals surface area contributed by atoms with Crippen molar-refractivity contribution in [2.75, 3.05) is 0 Å². The van der Waals surface area contributed by atoms with Crippen molar-refractivity contribution in [3.63, 3.8) is 0 Å². The van der Waals surface area contributed by atoms with E-state index < -0.39 is 0 Å². The summed E-state index contributed by atoms with van der Waals surface area (Å²) in [5, 5.41) is 3.63. The van der Waals surface area contributed by atoms with Crippen molar-refractivity contribution in [2.45, 2.75) is 6.61 Å². The van der Waals surface area contributed by atoms with Gasteiger partial charge in [-0.05, 0) is 16.8 Å². The molecule has 0 saturated heterocycles. The van der Waals surface area contributed by atoms with E-state index in [1.165, 1.54) is 12.1 Å². The summed E-state index contributed by atoms with van der Waals surface area (Å²) >= 11 is 0. The second-order valence-corrected chi connectivity index (χ2v) is 3.37. The van der Waals surface area contributed by atoms with E-state index in [0.29, 0.717) is 12.5 Å². The topological polar surface area (TPSA) is 52.3 Å². The average molecular weight is 229 g/mol. The lowest BCUT2D eigenvalue weighted by molar-refractivity contribution is 0.101. The largest absolute Gasteiger partial charge is 0.471 e. The predicted molar refractivity (Wildman–Crippen MR) is 61.8 cm³/mol. The highest BCUT2D eigenvalue weighted by molar-refractivity contribution is 6.02. The fourth-order valence-corrected chi connectivity index (χ4v) is 1.28. The van der Waals surface area contributed by atoms with Gasteiger partial charge in [-0.15, -0.1) is 0 Å². The molecule has 0 aliphatic rings. The van der Waals surface area contributed by atoms with Gasteiger partial charge in [-0.2, -0.15) is 0 Å². The highest BCUT2D eigenvalue weighted by Gasteiger charge is 2.10. The Bertz CT molecular complexity index is 516. The number of aromatic nitrogens is 1. The predicted octanol–water partition coefficient (Wildman–Crippen LogP) is 2.62. The van der Waals surface area contributed by atoms with Crippen molar-refractivity contribution < 1.29 is 14.1 Å². The van der Waals surface area contributed by atoms with Crippen molar-refractivity contribution in [3.8, 4) is 5.88 Å². The maximum absolute atomic E-state index is 11.2. The first kappa shape index (κ1) is 11.1. The zero-order valence-corrected chi connectivity index (χ0v) is 9.13. The standard InChI is InChI=1S/C13H11NO3/c1-2-11(15)12-8-13(14-17-12)16-9-10-6-4-3-5-7-10/h2-8H,1,9H2. The molecule has 0 aliphatic carbocycles. The number of benzene rings is 1. The maximum Gasteiger partial charge on any atom is 0.255 e. The Morgan fingerprint density at radius 1 is 1.41 bits per heavy atom. The molecule has 0 spiro atoms. The van der Waals surface area contributed by atoms with E-state index in [2.05, 4.69) is 11.7 Å². The Balaban J connectivity index is 1.98. The van der Waals surface area contributed by atoms with Crippen molar-refractivity contribution in [3.05, 3.63) is 60.4 Å². The van der Waals surface area contributed by atoms with Crippen molar-refractivity contribution >= 4 is 5.78 Å². The molecule has 0 fully saturated rings. The summed E-state index contributed by atoms with van der Waals surface area (Å²) in [5.41, 5.74) is 1.02. The summed E-state index contributed by atoms with van der Waals surface area (Å²) in [6, 6.07) is 11.1. The Hall–Kier alpha value is -2.36. The number of hydrogen-bond donors (Lipinski definition) is 0. The second-order valence-electron chi connectivity index (χ2n) is 3.37. The van der Waals surface area contributed by atoms with E-state index in [1.807, 2.05) is 30.3 Å². The van der Waals surface area contributed by atoms with Crippen LogP contribution in [0, 0.1) is 0 Å². The number of rotatable bonds is 5. The van der Waals surface area contributed by atoms with Crippen LogP contribution in [0.2, 0.25) is 0 Å². The van der Waals surface area contributed by atoms with Crippen molar-refractivity contribution in [1.29, 1.82) is 0 Å². The minimum absolute atomic E-state index is 0.128. The number of carbonyl (C=O) groups is 1. The monoisotopic (exact) mass is 229 g/mol. The summed E-state index contributed by atoms with van der Waals surface area (Å²) in [7, 11) is 0. The fraction of sp³-hybridized carbons (Fsp3) is 0.0769. The smallest absolute Gasteiger partial charge is 0.255 e. The molecule has 0 unspecified atom stereocenters. The molecule has 1 aromatic carbocycles. The van der Waals surface area contributed by atoms with Crippen LogP contribution in [0.25, 0.3) is 0 Å². The third-order valence-corrected chi connectivity index (χ3v) is 2.15. The van der Waals surface area contributed by atoms with Crippen LogP contribution in [0.4, 0.5) is 0 Å². The number of ketones is 1. The fourth-order valence-electron chi connectivity index (χ4n) is 1.28.